The van der Waals surface area contributed by atoms with E-state index in [0.29, 0.717) is 37.5 Å². The highest BCUT2D eigenvalue weighted by molar-refractivity contribution is 5.94. The van der Waals surface area contributed by atoms with Crippen molar-refractivity contribution in [2.24, 2.45) is 11.8 Å². The Bertz CT molecular complexity index is 816. The fourth-order valence-electron chi connectivity index (χ4n) is 5.31. The molecule has 3 heterocycles. The van der Waals surface area contributed by atoms with Gasteiger partial charge in [0, 0.05) is 51.6 Å². The summed E-state index contributed by atoms with van der Waals surface area (Å²) in [6.45, 7) is 3.95. The van der Waals surface area contributed by atoms with Crippen LogP contribution in [-0.2, 0) is 9.59 Å². The van der Waals surface area contributed by atoms with Crippen molar-refractivity contribution in [3.05, 3.63) is 29.8 Å². The second-order valence-corrected chi connectivity index (χ2v) is 8.16. The lowest BCUT2D eigenvalue weighted by molar-refractivity contribution is -0.135. The molecule has 3 saturated heterocycles. The molecule has 7 nitrogen and oxygen atoms in total. The lowest BCUT2D eigenvalue weighted by Crippen LogP contribution is -2.56. The third kappa shape index (κ3) is 2.75. The molecule has 0 unspecified atom stereocenters. The summed E-state index contributed by atoms with van der Waals surface area (Å²) in [6.07, 6.45) is 1.50. The van der Waals surface area contributed by atoms with Gasteiger partial charge in [-0.1, -0.05) is 6.07 Å². The van der Waals surface area contributed by atoms with Crippen LogP contribution < -0.4 is 4.74 Å². The molecule has 1 aromatic rings. The van der Waals surface area contributed by atoms with E-state index in [-0.39, 0.29) is 35.1 Å². The number of rotatable bonds is 2. The summed E-state index contributed by atoms with van der Waals surface area (Å²) in [6, 6.07) is 7.20. The third-order valence-corrected chi connectivity index (χ3v) is 7.00. The molecule has 0 radical (unpaired) electrons. The van der Waals surface area contributed by atoms with E-state index in [1.54, 1.807) is 31.1 Å². The largest absolute Gasteiger partial charge is 0.497 e. The molecule has 0 aliphatic carbocycles. The average Bonchev–Trinajstić information content (AvgIpc) is 3.24. The van der Waals surface area contributed by atoms with Gasteiger partial charge in [0.15, 0.2) is 0 Å². The van der Waals surface area contributed by atoms with E-state index in [4.69, 9.17) is 4.74 Å². The van der Waals surface area contributed by atoms with Crippen molar-refractivity contribution in [3.8, 4) is 5.75 Å². The molecule has 1 spiro atoms. The molecule has 150 valence electrons. The minimum Gasteiger partial charge on any atom is -0.497 e. The maximum atomic E-state index is 12.9. The SMILES string of the molecule is COc1cccc(C(=O)N2CCC3(CC2)[C@H]2CN(C(C)=O)C[C@H]2C(=O)N3C)c1. The molecule has 4 rings (SSSR count). The van der Waals surface area contributed by atoms with Crippen molar-refractivity contribution >= 4 is 17.7 Å². The number of piperidine rings is 1. The minimum absolute atomic E-state index is 0.00550. The number of ether oxygens (including phenoxy) is 1. The Kier molecular flexibility index (Phi) is 4.56. The van der Waals surface area contributed by atoms with Gasteiger partial charge in [-0.2, -0.15) is 0 Å². The molecule has 2 atom stereocenters. The molecule has 3 aliphatic heterocycles. The Morgan fingerprint density at radius 2 is 1.86 bits per heavy atom. The van der Waals surface area contributed by atoms with Gasteiger partial charge in [-0.05, 0) is 31.0 Å². The zero-order chi connectivity index (χ0) is 20.1. The van der Waals surface area contributed by atoms with E-state index in [2.05, 4.69) is 0 Å². The average molecular weight is 385 g/mol. The van der Waals surface area contributed by atoms with E-state index in [1.807, 2.05) is 29.0 Å². The molecular weight excluding hydrogens is 358 g/mol. The number of nitrogens with zero attached hydrogens (tertiary/aromatic N) is 3. The van der Waals surface area contributed by atoms with Gasteiger partial charge in [0.25, 0.3) is 5.91 Å². The number of carbonyl (C=O) groups is 3. The molecule has 28 heavy (non-hydrogen) atoms. The molecule has 3 amide bonds. The van der Waals surface area contributed by atoms with Gasteiger partial charge in [0.05, 0.1) is 18.6 Å². The summed E-state index contributed by atoms with van der Waals surface area (Å²) in [5.41, 5.74) is 0.365. The van der Waals surface area contributed by atoms with Crippen molar-refractivity contribution < 1.29 is 19.1 Å². The number of methoxy groups -OCH3 is 1. The fourth-order valence-corrected chi connectivity index (χ4v) is 5.31. The summed E-state index contributed by atoms with van der Waals surface area (Å²) in [4.78, 5) is 43.2. The van der Waals surface area contributed by atoms with Crippen LogP contribution in [0.15, 0.2) is 24.3 Å². The van der Waals surface area contributed by atoms with E-state index >= 15 is 0 Å². The van der Waals surface area contributed by atoms with Crippen LogP contribution in [0.3, 0.4) is 0 Å². The van der Waals surface area contributed by atoms with E-state index in [9.17, 15) is 14.4 Å². The molecule has 1 aromatic carbocycles. The maximum Gasteiger partial charge on any atom is 0.253 e. The summed E-state index contributed by atoms with van der Waals surface area (Å²) in [5.74, 6) is 0.886. The zero-order valence-electron chi connectivity index (χ0n) is 16.7. The van der Waals surface area contributed by atoms with E-state index < -0.39 is 0 Å². The molecule has 7 heteroatoms. The predicted molar refractivity (Wildman–Crippen MR) is 103 cm³/mol. The number of hydrogen-bond acceptors (Lipinski definition) is 4. The number of fused-ring (bicyclic) bond motifs is 2. The summed E-state index contributed by atoms with van der Waals surface area (Å²) in [5, 5.41) is 0. The minimum atomic E-state index is -0.253. The van der Waals surface area contributed by atoms with Gasteiger partial charge in [-0.15, -0.1) is 0 Å². The Morgan fingerprint density at radius 1 is 1.14 bits per heavy atom. The van der Waals surface area contributed by atoms with E-state index in [0.717, 1.165) is 12.8 Å². The normalized spacial score (nSPS) is 26.0. The fraction of sp³-hybridized carbons (Fsp3) is 0.571. The van der Waals surface area contributed by atoms with Crippen LogP contribution >= 0.6 is 0 Å². The van der Waals surface area contributed by atoms with Crippen LogP contribution in [0.4, 0.5) is 0 Å². The predicted octanol–water partition coefficient (Wildman–Crippen LogP) is 1.24. The number of hydrogen-bond donors (Lipinski definition) is 0. The number of carbonyl (C=O) groups excluding carboxylic acids is 3. The van der Waals surface area contributed by atoms with Crippen molar-refractivity contribution in [1.29, 1.82) is 0 Å². The van der Waals surface area contributed by atoms with Crippen molar-refractivity contribution in [3.63, 3.8) is 0 Å². The van der Waals surface area contributed by atoms with Gasteiger partial charge in [0.2, 0.25) is 11.8 Å². The second kappa shape index (κ2) is 6.79. The highest BCUT2D eigenvalue weighted by atomic mass is 16.5. The molecule has 0 aromatic heterocycles. The van der Waals surface area contributed by atoms with Gasteiger partial charge >= 0.3 is 0 Å². The first kappa shape index (κ1) is 18.8. The van der Waals surface area contributed by atoms with Crippen molar-refractivity contribution in [2.45, 2.75) is 25.3 Å². The van der Waals surface area contributed by atoms with Gasteiger partial charge in [-0.25, -0.2) is 0 Å². The summed E-state index contributed by atoms with van der Waals surface area (Å²) >= 11 is 0. The topological polar surface area (TPSA) is 70.2 Å². The highest BCUT2D eigenvalue weighted by Gasteiger charge is 2.60. The van der Waals surface area contributed by atoms with Crippen LogP contribution in [0.25, 0.3) is 0 Å². The third-order valence-electron chi connectivity index (χ3n) is 7.00. The Labute approximate surface area is 165 Å². The quantitative estimate of drug-likeness (QED) is 0.768. The lowest BCUT2D eigenvalue weighted by Gasteiger charge is -2.46. The molecule has 0 saturated carbocycles. The Morgan fingerprint density at radius 3 is 2.50 bits per heavy atom. The first-order valence-corrected chi connectivity index (χ1v) is 9.84. The molecule has 3 fully saturated rings. The number of benzene rings is 1. The number of likely N-dealkylation sites (tertiary alicyclic amines) is 3. The van der Waals surface area contributed by atoms with Crippen LogP contribution in [0.1, 0.15) is 30.1 Å². The smallest absolute Gasteiger partial charge is 0.253 e. The van der Waals surface area contributed by atoms with Gasteiger partial charge in [-0.3, -0.25) is 14.4 Å². The first-order valence-electron chi connectivity index (χ1n) is 9.84. The van der Waals surface area contributed by atoms with Gasteiger partial charge < -0.3 is 19.4 Å². The van der Waals surface area contributed by atoms with Crippen LogP contribution in [-0.4, -0.2) is 78.3 Å². The zero-order valence-corrected chi connectivity index (χ0v) is 16.7. The standard InChI is InChI=1S/C21H27N3O4/c1-14(25)24-12-17-18(13-24)21(22(2)20(17)27)7-9-23(10-8-21)19(26)15-5-4-6-16(11-15)28-3/h4-6,11,17-18H,7-10,12-13H2,1-3H3/t17-,18+/m1/s1. The highest BCUT2D eigenvalue weighted by Crippen LogP contribution is 2.49. The lowest BCUT2D eigenvalue weighted by atomic mass is 9.75. The molecular formula is C21H27N3O4. The first-order chi connectivity index (χ1) is 13.4. The van der Waals surface area contributed by atoms with Gasteiger partial charge in [0.1, 0.15) is 5.75 Å². The van der Waals surface area contributed by atoms with Crippen LogP contribution in [0, 0.1) is 11.8 Å². The van der Waals surface area contributed by atoms with Crippen molar-refractivity contribution in [2.75, 3.05) is 40.3 Å². The Balaban J connectivity index is 1.50. The van der Waals surface area contributed by atoms with E-state index in [1.165, 1.54) is 0 Å². The summed E-state index contributed by atoms with van der Waals surface area (Å²) < 4.78 is 5.22. The monoisotopic (exact) mass is 385 g/mol. The van der Waals surface area contributed by atoms with Crippen LogP contribution in [0.2, 0.25) is 0 Å². The summed E-state index contributed by atoms with van der Waals surface area (Å²) in [7, 11) is 3.47. The number of amides is 3. The second-order valence-electron chi connectivity index (χ2n) is 8.16. The van der Waals surface area contributed by atoms with Crippen molar-refractivity contribution in [1.82, 2.24) is 14.7 Å². The maximum absolute atomic E-state index is 12.9. The molecule has 0 bridgehead atoms. The Hall–Kier alpha value is -2.57. The van der Waals surface area contributed by atoms with Crippen LogP contribution in [0.5, 0.6) is 5.75 Å². The molecule has 0 N–H and O–H groups in total. The molecule has 3 aliphatic rings.